The third-order valence-corrected chi connectivity index (χ3v) is 8.22. The lowest BCUT2D eigenvalue weighted by Crippen LogP contribution is -2.29. The summed E-state index contributed by atoms with van der Waals surface area (Å²) < 4.78 is 26.9. The quantitative estimate of drug-likeness (QED) is 0.752. The van der Waals surface area contributed by atoms with E-state index >= 15 is 0 Å². The zero-order chi connectivity index (χ0) is 21.1. The smallest absolute Gasteiger partial charge is 0.251 e. The Morgan fingerprint density at radius 1 is 0.967 bits per heavy atom. The average Bonchev–Trinajstić information content (AvgIpc) is 3.33. The van der Waals surface area contributed by atoms with E-state index in [1.807, 2.05) is 0 Å². The standard InChI is InChI=1S/C24H30N2O3S/c1-2-23(21-10-9-18-7-3-4-8-20(18)17-21)25-24(27)19-11-13-22(14-12-19)30(28,29)26-15-5-6-16-26/h9-14,17,23H,2-8,15-16H2,1H3,(H,25,27)/t23-/m1/s1. The summed E-state index contributed by atoms with van der Waals surface area (Å²) in [5.74, 6) is -0.176. The van der Waals surface area contributed by atoms with E-state index in [2.05, 4.69) is 30.4 Å². The average molecular weight is 427 g/mol. The van der Waals surface area contributed by atoms with Gasteiger partial charge in [-0.05, 0) is 85.9 Å². The second-order valence-electron chi connectivity index (χ2n) is 8.31. The number of fused-ring (bicyclic) bond motifs is 1. The minimum atomic E-state index is -3.46. The van der Waals surface area contributed by atoms with E-state index in [1.165, 1.54) is 28.3 Å². The number of nitrogens with zero attached hydrogens (tertiary/aromatic N) is 1. The van der Waals surface area contributed by atoms with Gasteiger partial charge in [0.25, 0.3) is 5.91 Å². The topological polar surface area (TPSA) is 66.5 Å². The monoisotopic (exact) mass is 426 g/mol. The highest BCUT2D eigenvalue weighted by Gasteiger charge is 2.27. The van der Waals surface area contributed by atoms with Crippen LogP contribution in [0.5, 0.6) is 0 Å². The number of benzene rings is 2. The first-order chi connectivity index (χ1) is 14.5. The summed E-state index contributed by atoms with van der Waals surface area (Å²) in [7, 11) is -3.46. The lowest BCUT2D eigenvalue weighted by molar-refractivity contribution is 0.0935. The summed E-state index contributed by atoms with van der Waals surface area (Å²) in [6.45, 7) is 3.21. The molecular weight excluding hydrogens is 396 g/mol. The van der Waals surface area contributed by atoms with Gasteiger partial charge < -0.3 is 5.32 Å². The Morgan fingerprint density at radius 3 is 2.30 bits per heavy atom. The highest BCUT2D eigenvalue weighted by molar-refractivity contribution is 7.89. The van der Waals surface area contributed by atoms with Gasteiger partial charge in [0, 0.05) is 18.7 Å². The number of rotatable bonds is 6. The van der Waals surface area contributed by atoms with Crippen LogP contribution >= 0.6 is 0 Å². The van der Waals surface area contributed by atoms with Crippen molar-refractivity contribution in [2.45, 2.75) is 62.8 Å². The van der Waals surface area contributed by atoms with Crippen molar-refractivity contribution in [2.24, 2.45) is 0 Å². The summed E-state index contributed by atoms with van der Waals surface area (Å²) in [6.07, 6.45) is 7.34. The fourth-order valence-corrected chi connectivity index (χ4v) is 6.01. The molecule has 1 N–H and O–H groups in total. The van der Waals surface area contributed by atoms with Crippen LogP contribution in [-0.4, -0.2) is 31.7 Å². The minimum Gasteiger partial charge on any atom is -0.345 e. The molecule has 0 spiro atoms. The van der Waals surface area contributed by atoms with Crippen molar-refractivity contribution < 1.29 is 13.2 Å². The molecule has 0 unspecified atom stereocenters. The predicted molar refractivity (Wildman–Crippen MR) is 118 cm³/mol. The highest BCUT2D eigenvalue weighted by atomic mass is 32.2. The Hall–Kier alpha value is -2.18. The number of nitrogens with one attached hydrogen (secondary N) is 1. The van der Waals surface area contributed by atoms with E-state index in [9.17, 15) is 13.2 Å². The Kier molecular flexibility index (Phi) is 6.25. The molecule has 5 nitrogen and oxygen atoms in total. The van der Waals surface area contributed by atoms with E-state index < -0.39 is 10.0 Å². The number of carbonyl (C=O) groups is 1. The molecule has 2 aromatic carbocycles. The number of aryl methyl sites for hydroxylation is 2. The molecule has 0 bridgehead atoms. The lowest BCUT2D eigenvalue weighted by atomic mass is 9.88. The number of amides is 1. The second-order valence-corrected chi connectivity index (χ2v) is 10.2. The number of hydrogen-bond donors (Lipinski definition) is 1. The van der Waals surface area contributed by atoms with Crippen molar-refractivity contribution in [3.63, 3.8) is 0 Å². The van der Waals surface area contributed by atoms with Crippen LogP contribution in [-0.2, 0) is 22.9 Å². The lowest BCUT2D eigenvalue weighted by Gasteiger charge is -2.22. The molecule has 1 aliphatic carbocycles. The van der Waals surface area contributed by atoms with Crippen LogP contribution in [0.4, 0.5) is 0 Å². The molecule has 4 rings (SSSR count). The van der Waals surface area contributed by atoms with Gasteiger partial charge in [-0.1, -0.05) is 25.1 Å². The zero-order valence-corrected chi connectivity index (χ0v) is 18.4. The van der Waals surface area contributed by atoms with Gasteiger partial charge in [-0.3, -0.25) is 4.79 Å². The molecule has 160 valence electrons. The molecular formula is C24H30N2O3S. The van der Waals surface area contributed by atoms with Crippen LogP contribution in [0.3, 0.4) is 0 Å². The summed E-state index contributed by atoms with van der Waals surface area (Å²) in [5, 5.41) is 3.12. The van der Waals surface area contributed by atoms with Crippen LogP contribution in [0.25, 0.3) is 0 Å². The fourth-order valence-electron chi connectivity index (χ4n) is 4.49. The molecule has 1 heterocycles. The number of hydrogen-bond acceptors (Lipinski definition) is 3. The molecule has 30 heavy (non-hydrogen) atoms. The Bertz CT molecular complexity index is 1010. The minimum absolute atomic E-state index is 0.0577. The molecule has 0 radical (unpaired) electrons. The van der Waals surface area contributed by atoms with Crippen molar-refractivity contribution in [1.82, 2.24) is 9.62 Å². The van der Waals surface area contributed by atoms with Crippen molar-refractivity contribution in [1.29, 1.82) is 0 Å². The van der Waals surface area contributed by atoms with E-state index in [-0.39, 0.29) is 16.8 Å². The van der Waals surface area contributed by atoms with Gasteiger partial charge in [-0.2, -0.15) is 4.31 Å². The molecule has 2 aliphatic rings. The number of sulfonamides is 1. The maximum atomic E-state index is 12.8. The third kappa shape index (κ3) is 4.30. The van der Waals surface area contributed by atoms with Crippen LogP contribution in [0, 0.1) is 0 Å². The first-order valence-electron chi connectivity index (χ1n) is 11.0. The van der Waals surface area contributed by atoms with Gasteiger partial charge in [0.05, 0.1) is 10.9 Å². The van der Waals surface area contributed by atoms with Crippen molar-refractivity contribution in [2.75, 3.05) is 13.1 Å². The summed E-state index contributed by atoms with van der Waals surface area (Å²) in [4.78, 5) is 13.1. The number of carbonyl (C=O) groups excluding carboxylic acids is 1. The first-order valence-corrected chi connectivity index (χ1v) is 12.5. The van der Waals surface area contributed by atoms with E-state index in [4.69, 9.17) is 0 Å². The van der Waals surface area contributed by atoms with Crippen LogP contribution in [0.15, 0.2) is 47.4 Å². The van der Waals surface area contributed by atoms with Gasteiger partial charge in [0.15, 0.2) is 0 Å². The first kappa shape index (κ1) is 21.1. The molecule has 1 atom stereocenters. The fraction of sp³-hybridized carbons (Fsp3) is 0.458. The van der Waals surface area contributed by atoms with Crippen molar-refractivity contribution in [3.05, 3.63) is 64.7 Å². The predicted octanol–water partition coefficient (Wildman–Crippen LogP) is 4.23. The molecule has 1 amide bonds. The summed E-state index contributed by atoms with van der Waals surface area (Å²) >= 11 is 0. The van der Waals surface area contributed by atoms with Gasteiger partial charge in [0.2, 0.25) is 10.0 Å². The molecule has 6 heteroatoms. The Labute approximate surface area is 179 Å². The maximum absolute atomic E-state index is 12.8. The van der Waals surface area contributed by atoms with E-state index in [1.54, 1.807) is 24.3 Å². The molecule has 2 aromatic rings. The maximum Gasteiger partial charge on any atom is 0.251 e. The molecule has 0 aromatic heterocycles. The normalized spacial score (nSPS) is 18.0. The Morgan fingerprint density at radius 2 is 1.63 bits per heavy atom. The van der Waals surface area contributed by atoms with Crippen LogP contribution < -0.4 is 5.32 Å². The molecule has 1 saturated heterocycles. The van der Waals surface area contributed by atoms with E-state index in [0.29, 0.717) is 18.7 Å². The summed E-state index contributed by atoms with van der Waals surface area (Å²) in [6, 6.07) is 12.8. The van der Waals surface area contributed by atoms with Crippen LogP contribution in [0.2, 0.25) is 0 Å². The Balaban J connectivity index is 1.47. The van der Waals surface area contributed by atoms with Crippen molar-refractivity contribution >= 4 is 15.9 Å². The van der Waals surface area contributed by atoms with E-state index in [0.717, 1.165) is 37.7 Å². The molecule has 0 saturated carbocycles. The third-order valence-electron chi connectivity index (χ3n) is 6.31. The molecule has 1 aliphatic heterocycles. The van der Waals surface area contributed by atoms with Gasteiger partial charge >= 0.3 is 0 Å². The molecule has 1 fully saturated rings. The van der Waals surface area contributed by atoms with Crippen molar-refractivity contribution in [3.8, 4) is 0 Å². The largest absolute Gasteiger partial charge is 0.345 e. The van der Waals surface area contributed by atoms with Gasteiger partial charge in [0.1, 0.15) is 0 Å². The second kappa shape index (κ2) is 8.90. The van der Waals surface area contributed by atoms with Gasteiger partial charge in [-0.25, -0.2) is 8.42 Å². The highest BCUT2D eigenvalue weighted by Crippen LogP contribution is 2.26. The van der Waals surface area contributed by atoms with Crippen LogP contribution in [0.1, 0.15) is 72.1 Å². The summed E-state index contributed by atoms with van der Waals surface area (Å²) in [5.41, 5.74) is 4.45. The van der Waals surface area contributed by atoms with Gasteiger partial charge in [-0.15, -0.1) is 0 Å². The SMILES string of the molecule is CC[C@@H](NC(=O)c1ccc(S(=O)(=O)N2CCCC2)cc1)c1ccc2c(c1)CCCC2. The zero-order valence-electron chi connectivity index (χ0n) is 17.6.